The maximum atomic E-state index is 13.2. The third-order valence-electron chi connectivity index (χ3n) is 4.44. The Balaban J connectivity index is 1.84. The lowest BCUT2D eigenvalue weighted by Crippen LogP contribution is -2.32. The lowest BCUT2D eigenvalue weighted by molar-refractivity contribution is -0.113. The van der Waals surface area contributed by atoms with E-state index in [0.717, 1.165) is 21.3 Å². The number of halogens is 2. The zero-order valence-corrected chi connectivity index (χ0v) is 16.7. The van der Waals surface area contributed by atoms with Gasteiger partial charge in [-0.2, -0.15) is 0 Å². The molecule has 28 heavy (non-hydrogen) atoms. The molecule has 4 rings (SSSR count). The topological polar surface area (TPSA) is 32.7 Å². The summed E-state index contributed by atoms with van der Waals surface area (Å²) in [6, 6.07) is 21.3. The number of amidine groups is 1. The minimum atomic E-state index is -0.321. The van der Waals surface area contributed by atoms with Gasteiger partial charge in [0.25, 0.3) is 5.91 Å². The molecule has 0 aliphatic carbocycles. The Kier molecular flexibility index (Phi) is 4.92. The van der Waals surface area contributed by atoms with E-state index in [1.54, 1.807) is 23.1 Å². The van der Waals surface area contributed by atoms with Crippen molar-refractivity contribution in [1.29, 1.82) is 0 Å². The number of amides is 1. The van der Waals surface area contributed by atoms with Crippen LogP contribution < -0.4 is 4.90 Å². The molecule has 1 aliphatic rings. The molecule has 3 aromatic carbocycles. The van der Waals surface area contributed by atoms with E-state index in [-0.39, 0.29) is 11.7 Å². The summed E-state index contributed by atoms with van der Waals surface area (Å²) in [5.74, 6) is 0.00667. The van der Waals surface area contributed by atoms with Crippen LogP contribution in [0.1, 0.15) is 16.7 Å². The number of hydrogen-bond acceptors (Lipinski definition) is 2. The molecule has 0 unspecified atom stereocenters. The molecule has 0 saturated carbocycles. The maximum absolute atomic E-state index is 13.2. The fourth-order valence-corrected chi connectivity index (χ4v) is 3.45. The number of aryl methyl sites for hydroxylation is 1. The van der Waals surface area contributed by atoms with Crippen molar-refractivity contribution in [2.75, 3.05) is 4.90 Å². The molecule has 0 bridgehead atoms. The highest BCUT2D eigenvalue weighted by atomic mass is 79.9. The van der Waals surface area contributed by atoms with Gasteiger partial charge in [-0.3, -0.25) is 9.69 Å². The van der Waals surface area contributed by atoms with Gasteiger partial charge < -0.3 is 0 Å². The normalized spacial score (nSPS) is 15.2. The molecular weight excluding hydrogens is 419 g/mol. The number of anilines is 1. The molecule has 1 aliphatic heterocycles. The number of aliphatic imine (C=N–C) groups is 1. The minimum Gasteiger partial charge on any atom is -0.266 e. The van der Waals surface area contributed by atoms with Crippen molar-refractivity contribution in [1.82, 2.24) is 0 Å². The molecular formula is C23H16BrFN2O. The van der Waals surface area contributed by atoms with E-state index in [1.807, 2.05) is 55.5 Å². The smallest absolute Gasteiger partial charge is 0.266 e. The third kappa shape index (κ3) is 3.53. The van der Waals surface area contributed by atoms with E-state index in [1.165, 1.54) is 12.1 Å². The van der Waals surface area contributed by atoms with Gasteiger partial charge in [0, 0.05) is 10.0 Å². The Hall–Kier alpha value is -3.05. The highest BCUT2D eigenvalue weighted by Gasteiger charge is 2.33. The summed E-state index contributed by atoms with van der Waals surface area (Å²) in [7, 11) is 0. The summed E-state index contributed by atoms with van der Waals surface area (Å²) in [6.07, 6.45) is 1.67. The standard InChI is InChI=1S/C23H16BrFN2O/c1-15-6-12-18(13-7-15)27-22(19-4-2-3-5-20(19)24)26-21(23(27)28)14-16-8-10-17(25)11-9-16/h2-14H,1H3/b21-14+. The lowest BCUT2D eigenvalue weighted by atomic mass is 10.1. The molecule has 0 saturated heterocycles. The van der Waals surface area contributed by atoms with Crippen LogP contribution in [0.3, 0.4) is 0 Å². The molecule has 3 aromatic rings. The third-order valence-corrected chi connectivity index (χ3v) is 5.13. The second kappa shape index (κ2) is 7.52. The molecule has 0 radical (unpaired) electrons. The second-order valence-corrected chi connectivity index (χ2v) is 7.33. The van der Waals surface area contributed by atoms with E-state index in [4.69, 9.17) is 0 Å². The van der Waals surface area contributed by atoms with Crippen molar-refractivity contribution in [3.05, 3.63) is 105 Å². The quantitative estimate of drug-likeness (QED) is 0.484. The average Bonchev–Trinajstić information content (AvgIpc) is 3.01. The summed E-state index contributed by atoms with van der Waals surface area (Å²) in [4.78, 5) is 19.4. The molecule has 3 nitrogen and oxygen atoms in total. The fourth-order valence-electron chi connectivity index (χ4n) is 2.99. The predicted molar refractivity (Wildman–Crippen MR) is 114 cm³/mol. The van der Waals surface area contributed by atoms with Gasteiger partial charge in [0.05, 0.1) is 5.69 Å². The zero-order chi connectivity index (χ0) is 19.7. The van der Waals surface area contributed by atoms with Gasteiger partial charge >= 0.3 is 0 Å². The van der Waals surface area contributed by atoms with E-state index in [2.05, 4.69) is 20.9 Å². The second-order valence-electron chi connectivity index (χ2n) is 6.47. The first-order valence-electron chi connectivity index (χ1n) is 8.75. The van der Waals surface area contributed by atoms with Gasteiger partial charge in [0.1, 0.15) is 17.3 Å². The van der Waals surface area contributed by atoms with Crippen molar-refractivity contribution in [2.24, 2.45) is 4.99 Å². The Morgan fingerprint density at radius 3 is 2.32 bits per heavy atom. The minimum absolute atomic E-state index is 0.223. The van der Waals surface area contributed by atoms with Gasteiger partial charge in [-0.1, -0.05) is 64.0 Å². The average molecular weight is 435 g/mol. The van der Waals surface area contributed by atoms with Crippen LogP contribution >= 0.6 is 15.9 Å². The Morgan fingerprint density at radius 1 is 0.964 bits per heavy atom. The van der Waals surface area contributed by atoms with E-state index >= 15 is 0 Å². The van der Waals surface area contributed by atoms with Crippen LogP contribution in [0, 0.1) is 12.7 Å². The van der Waals surface area contributed by atoms with Crippen molar-refractivity contribution in [2.45, 2.75) is 6.92 Å². The zero-order valence-electron chi connectivity index (χ0n) is 15.1. The van der Waals surface area contributed by atoms with Gasteiger partial charge in [0.15, 0.2) is 0 Å². The Labute approximate surface area is 171 Å². The largest absolute Gasteiger partial charge is 0.282 e. The summed E-state index contributed by atoms with van der Waals surface area (Å²) in [6.45, 7) is 2.00. The fraction of sp³-hybridized carbons (Fsp3) is 0.0435. The first-order chi connectivity index (χ1) is 13.5. The van der Waals surface area contributed by atoms with Gasteiger partial charge in [-0.25, -0.2) is 9.38 Å². The predicted octanol–water partition coefficient (Wildman–Crippen LogP) is 5.73. The summed E-state index contributed by atoms with van der Waals surface area (Å²) >= 11 is 3.55. The molecule has 5 heteroatoms. The molecule has 0 aromatic heterocycles. The van der Waals surface area contributed by atoms with Crippen LogP contribution in [-0.2, 0) is 4.79 Å². The van der Waals surface area contributed by atoms with Crippen LogP contribution in [0.15, 0.2) is 88.0 Å². The molecule has 1 heterocycles. The number of carbonyl (C=O) groups excluding carboxylic acids is 1. The van der Waals surface area contributed by atoms with Crippen LogP contribution in [0.5, 0.6) is 0 Å². The van der Waals surface area contributed by atoms with Gasteiger partial charge in [-0.15, -0.1) is 0 Å². The van der Waals surface area contributed by atoms with Crippen molar-refractivity contribution in [3.8, 4) is 0 Å². The summed E-state index contributed by atoms with van der Waals surface area (Å²) in [5, 5.41) is 0. The van der Waals surface area contributed by atoms with E-state index in [9.17, 15) is 9.18 Å². The van der Waals surface area contributed by atoms with Crippen LogP contribution in [0.4, 0.5) is 10.1 Å². The number of hydrogen-bond donors (Lipinski definition) is 0. The number of rotatable bonds is 3. The Morgan fingerprint density at radius 2 is 1.64 bits per heavy atom. The van der Waals surface area contributed by atoms with Gasteiger partial charge in [-0.05, 0) is 48.9 Å². The number of benzene rings is 3. The van der Waals surface area contributed by atoms with Crippen molar-refractivity contribution < 1.29 is 9.18 Å². The molecule has 138 valence electrons. The number of carbonyl (C=O) groups is 1. The first-order valence-corrected chi connectivity index (χ1v) is 9.54. The molecule has 0 fully saturated rings. The van der Waals surface area contributed by atoms with E-state index < -0.39 is 0 Å². The maximum Gasteiger partial charge on any atom is 0.282 e. The first kappa shape index (κ1) is 18.3. The molecule has 0 N–H and O–H groups in total. The van der Waals surface area contributed by atoms with Crippen molar-refractivity contribution >= 4 is 39.4 Å². The monoisotopic (exact) mass is 434 g/mol. The Bertz CT molecular complexity index is 1100. The van der Waals surface area contributed by atoms with Crippen molar-refractivity contribution in [3.63, 3.8) is 0 Å². The van der Waals surface area contributed by atoms with Crippen LogP contribution in [-0.4, -0.2) is 11.7 Å². The number of nitrogens with zero attached hydrogens (tertiary/aromatic N) is 2. The lowest BCUT2D eigenvalue weighted by Gasteiger charge is -2.19. The van der Waals surface area contributed by atoms with Crippen LogP contribution in [0.2, 0.25) is 0 Å². The highest BCUT2D eigenvalue weighted by Crippen LogP contribution is 2.30. The SMILES string of the molecule is Cc1ccc(N2C(=O)/C(=C\c3ccc(F)cc3)N=C2c2ccccc2Br)cc1. The van der Waals surface area contributed by atoms with Gasteiger partial charge in [0.2, 0.25) is 0 Å². The van der Waals surface area contributed by atoms with E-state index in [0.29, 0.717) is 17.1 Å². The summed E-state index contributed by atoms with van der Waals surface area (Å²) < 4.78 is 14.0. The molecule has 1 amide bonds. The van der Waals surface area contributed by atoms with Crippen LogP contribution in [0.25, 0.3) is 6.08 Å². The summed E-state index contributed by atoms with van der Waals surface area (Å²) in [5.41, 5.74) is 3.69. The molecule has 0 spiro atoms. The molecule has 0 atom stereocenters. The highest BCUT2D eigenvalue weighted by molar-refractivity contribution is 9.10.